The first kappa shape index (κ1) is 20.5. The molecule has 1 heterocycles. The number of benzene rings is 2. The average Bonchev–Trinajstić information content (AvgIpc) is 3.30. The van der Waals surface area contributed by atoms with E-state index in [4.69, 9.17) is 13.9 Å². The van der Waals surface area contributed by atoms with Crippen molar-refractivity contribution in [2.75, 3.05) is 13.7 Å². The zero-order valence-electron chi connectivity index (χ0n) is 16.4. The molecule has 2 aromatic carbocycles. The van der Waals surface area contributed by atoms with Crippen molar-refractivity contribution in [1.82, 2.24) is 4.90 Å². The molecule has 0 radical (unpaired) electrons. The summed E-state index contributed by atoms with van der Waals surface area (Å²) in [5.41, 5.74) is 1.82. The Morgan fingerprint density at radius 3 is 2.41 bits per heavy atom. The number of hydrogen-bond acceptors (Lipinski definition) is 5. The third kappa shape index (κ3) is 5.62. The minimum atomic E-state index is -0.473. The van der Waals surface area contributed by atoms with Gasteiger partial charge < -0.3 is 19.0 Å². The second-order valence-electron chi connectivity index (χ2n) is 6.56. The van der Waals surface area contributed by atoms with Gasteiger partial charge in [-0.05, 0) is 41.8 Å². The molecule has 0 saturated heterocycles. The van der Waals surface area contributed by atoms with Crippen molar-refractivity contribution in [3.63, 3.8) is 0 Å². The minimum Gasteiger partial charge on any atom is -0.497 e. The molecular weight excluding hydrogens is 370 g/mol. The Morgan fingerprint density at radius 1 is 1.03 bits per heavy atom. The molecule has 6 nitrogen and oxygen atoms in total. The molecule has 1 unspecified atom stereocenters. The first-order chi connectivity index (χ1) is 14.2. The molecule has 0 aliphatic heterocycles. The molecule has 0 fully saturated rings. The van der Waals surface area contributed by atoms with Crippen LogP contribution in [-0.2, 0) is 17.9 Å². The maximum absolute atomic E-state index is 13.0. The molecule has 0 spiro atoms. The van der Waals surface area contributed by atoms with Gasteiger partial charge in [0.1, 0.15) is 18.1 Å². The molecule has 0 bridgehead atoms. The van der Waals surface area contributed by atoms with Gasteiger partial charge in [0.25, 0.3) is 0 Å². The topological polar surface area (TPSA) is 72.1 Å². The summed E-state index contributed by atoms with van der Waals surface area (Å²) in [5, 5.41) is 9.57. The van der Waals surface area contributed by atoms with Crippen molar-refractivity contribution < 1.29 is 23.8 Å². The number of nitrogens with zero attached hydrogens (tertiary/aromatic N) is 1. The number of carbonyl (C=O) groups excluding carboxylic acids is 1. The third-order valence-electron chi connectivity index (χ3n) is 4.60. The van der Waals surface area contributed by atoms with Crippen LogP contribution in [0.4, 0.5) is 4.79 Å². The number of amides is 1. The van der Waals surface area contributed by atoms with Crippen molar-refractivity contribution in [3.05, 3.63) is 89.9 Å². The molecule has 1 N–H and O–H groups in total. The standard InChI is InChI=1S/C23H25NO5/c1-27-20-11-9-18(10-12-20)16-24(21(13-14-25)22-8-5-15-28-22)23(26)29-17-19-6-3-2-4-7-19/h2-12,15,21,25H,13-14,16-17H2,1H3. The van der Waals surface area contributed by atoms with Crippen LogP contribution >= 0.6 is 0 Å². The highest BCUT2D eigenvalue weighted by Gasteiger charge is 2.28. The van der Waals surface area contributed by atoms with Crippen molar-refractivity contribution in [1.29, 1.82) is 0 Å². The Kier molecular flexibility index (Phi) is 7.30. The number of carbonyl (C=O) groups is 1. The van der Waals surface area contributed by atoms with Crippen LogP contribution in [0.2, 0.25) is 0 Å². The van der Waals surface area contributed by atoms with E-state index in [9.17, 15) is 9.90 Å². The van der Waals surface area contributed by atoms with E-state index >= 15 is 0 Å². The Labute approximate surface area is 170 Å². The van der Waals surface area contributed by atoms with Crippen LogP contribution in [-0.4, -0.2) is 29.8 Å². The molecule has 0 saturated carbocycles. The highest BCUT2D eigenvalue weighted by Crippen LogP contribution is 2.28. The zero-order valence-corrected chi connectivity index (χ0v) is 16.4. The molecule has 3 rings (SSSR count). The molecule has 1 aromatic heterocycles. The van der Waals surface area contributed by atoms with Crippen LogP contribution in [0.3, 0.4) is 0 Å². The van der Waals surface area contributed by atoms with Gasteiger partial charge in [-0.15, -0.1) is 0 Å². The number of hydrogen-bond donors (Lipinski definition) is 1. The summed E-state index contributed by atoms with van der Waals surface area (Å²) in [5.74, 6) is 1.34. The molecule has 29 heavy (non-hydrogen) atoms. The maximum Gasteiger partial charge on any atom is 0.411 e. The first-order valence-electron chi connectivity index (χ1n) is 9.45. The minimum absolute atomic E-state index is 0.0869. The van der Waals surface area contributed by atoms with Crippen molar-refractivity contribution >= 4 is 6.09 Å². The molecule has 0 aliphatic rings. The number of aliphatic hydroxyl groups excluding tert-OH is 1. The van der Waals surface area contributed by atoms with Gasteiger partial charge in [-0.25, -0.2) is 4.79 Å². The predicted molar refractivity (Wildman–Crippen MR) is 108 cm³/mol. The van der Waals surface area contributed by atoms with Gasteiger partial charge in [-0.2, -0.15) is 0 Å². The first-order valence-corrected chi connectivity index (χ1v) is 9.45. The molecule has 1 amide bonds. The predicted octanol–water partition coefficient (Wildman–Crippen LogP) is 4.55. The SMILES string of the molecule is COc1ccc(CN(C(=O)OCc2ccccc2)C(CCO)c2ccco2)cc1. The van der Waals surface area contributed by atoms with Crippen LogP contribution in [0.5, 0.6) is 5.75 Å². The van der Waals surface area contributed by atoms with Crippen molar-refractivity contribution in [3.8, 4) is 5.75 Å². The Balaban J connectivity index is 1.81. The Morgan fingerprint density at radius 2 is 1.79 bits per heavy atom. The number of furan rings is 1. The summed E-state index contributed by atoms with van der Waals surface area (Å²) in [6.07, 6.45) is 1.42. The van der Waals surface area contributed by atoms with E-state index in [0.717, 1.165) is 16.9 Å². The van der Waals surface area contributed by atoms with E-state index in [1.165, 1.54) is 0 Å². The van der Waals surface area contributed by atoms with Gasteiger partial charge in [-0.1, -0.05) is 42.5 Å². The molecule has 6 heteroatoms. The van der Waals surface area contributed by atoms with E-state index in [2.05, 4.69) is 0 Å². The van der Waals surface area contributed by atoms with E-state index < -0.39 is 12.1 Å². The summed E-state index contributed by atoms with van der Waals surface area (Å²) < 4.78 is 16.3. The fourth-order valence-corrected chi connectivity index (χ4v) is 3.09. The fourth-order valence-electron chi connectivity index (χ4n) is 3.09. The molecule has 3 aromatic rings. The lowest BCUT2D eigenvalue weighted by Crippen LogP contribution is -2.35. The largest absolute Gasteiger partial charge is 0.497 e. The number of methoxy groups -OCH3 is 1. The summed E-state index contributed by atoms with van der Waals surface area (Å²) in [6, 6.07) is 20.1. The fraction of sp³-hybridized carbons (Fsp3) is 0.261. The summed E-state index contributed by atoms with van der Waals surface area (Å²) in [6.45, 7) is 0.391. The lowest BCUT2D eigenvalue weighted by molar-refractivity contribution is 0.0651. The van der Waals surface area contributed by atoms with Crippen LogP contribution < -0.4 is 4.74 Å². The molecule has 0 aliphatic carbocycles. The van der Waals surface area contributed by atoms with E-state index in [-0.39, 0.29) is 13.2 Å². The van der Waals surface area contributed by atoms with Gasteiger partial charge in [0.05, 0.1) is 19.4 Å². The van der Waals surface area contributed by atoms with Gasteiger partial charge in [-0.3, -0.25) is 4.90 Å². The molecular formula is C23H25NO5. The normalized spacial score (nSPS) is 11.7. The summed E-state index contributed by atoms with van der Waals surface area (Å²) in [7, 11) is 1.61. The van der Waals surface area contributed by atoms with Gasteiger partial charge in [0.15, 0.2) is 0 Å². The quantitative estimate of drug-likeness (QED) is 0.575. The highest BCUT2D eigenvalue weighted by atomic mass is 16.6. The van der Waals surface area contributed by atoms with Crippen LogP contribution in [0.25, 0.3) is 0 Å². The van der Waals surface area contributed by atoms with E-state index in [1.54, 1.807) is 30.4 Å². The van der Waals surface area contributed by atoms with Crippen LogP contribution in [0.1, 0.15) is 29.3 Å². The summed E-state index contributed by atoms with van der Waals surface area (Å²) >= 11 is 0. The van der Waals surface area contributed by atoms with Crippen LogP contribution in [0, 0.1) is 0 Å². The van der Waals surface area contributed by atoms with Gasteiger partial charge in [0.2, 0.25) is 0 Å². The highest BCUT2D eigenvalue weighted by molar-refractivity contribution is 5.68. The monoisotopic (exact) mass is 395 g/mol. The maximum atomic E-state index is 13.0. The molecule has 1 atom stereocenters. The number of ether oxygens (including phenoxy) is 2. The van der Waals surface area contributed by atoms with Crippen molar-refractivity contribution in [2.45, 2.75) is 25.6 Å². The van der Waals surface area contributed by atoms with Crippen LogP contribution in [0.15, 0.2) is 77.4 Å². The number of aliphatic hydroxyl groups is 1. The Hall–Kier alpha value is -3.25. The second kappa shape index (κ2) is 10.3. The molecule has 152 valence electrons. The van der Waals surface area contributed by atoms with Crippen molar-refractivity contribution in [2.24, 2.45) is 0 Å². The third-order valence-corrected chi connectivity index (χ3v) is 4.60. The van der Waals surface area contributed by atoms with Gasteiger partial charge in [0, 0.05) is 13.2 Å². The second-order valence-corrected chi connectivity index (χ2v) is 6.56. The lowest BCUT2D eigenvalue weighted by Gasteiger charge is -2.29. The number of rotatable bonds is 9. The van der Waals surface area contributed by atoms with E-state index in [0.29, 0.717) is 18.7 Å². The van der Waals surface area contributed by atoms with E-state index in [1.807, 2.05) is 54.6 Å². The van der Waals surface area contributed by atoms with Gasteiger partial charge >= 0.3 is 6.09 Å². The smallest absolute Gasteiger partial charge is 0.411 e. The zero-order chi connectivity index (χ0) is 20.5. The summed E-state index contributed by atoms with van der Waals surface area (Å²) in [4.78, 5) is 14.6. The lowest BCUT2D eigenvalue weighted by atomic mass is 10.1. The Bertz CT molecular complexity index is 862. The average molecular weight is 395 g/mol.